The van der Waals surface area contributed by atoms with E-state index >= 15 is 0 Å². The third-order valence-corrected chi connectivity index (χ3v) is 6.57. The zero-order chi connectivity index (χ0) is 23.8. The number of alkyl halides is 3. The minimum atomic E-state index is -5.05. The first-order chi connectivity index (χ1) is 14.8. The van der Waals surface area contributed by atoms with Gasteiger partial charge in [0.05, 0.1) is 17.8 Å². The predicted molar refractivity (Wildman–Crippen MR) is 116 cm³/mol. The van der Waals surface area contributed by atoms with Crippen LogP contribution in [0.15, 0.2) is 29.6 Å². The van der Waals surface area contributed by atoms with Gasteiger partial charge < -0.3 is 10.0 Å². The van der Waals surface area contributed by atoms with Crippen LogP contribution in [0.2, 0.25) is 0 Å². The van der Waals surface area contributed by atoms with Crippen molar-refractivity contribution in [2.45, 2.75) is 52.4 Å². The van der Waals surface area contributed by atoms with Gasteiger partial charge in [-0.3, -0.25) is 4.79 Å². The summed E-state index contributed by atoms with van der Waals surface area (Å²) in [7, 11) is 1.41. The van der Waals surface area contributed by atoms with Crippen LogP contribution in [-0.4, -0.2) is 43.9 Å². The predicted octanol–water partition coefficient (Wildman–Crippen LogP) is 4.36. The number of halogens is 3. The van der Waals surface area contributed by atoms with E-state index in [0.717, 1.165) is 22.5 Å². The molecule has 32 heavy (non-hydrogen) atoms. The molecule has 1 amide bonds. The molecule has 0 aliphatic rings. The number of carbonyl (C=O) groups is 1. The van der Waals surface area contributed by atoms with Gasteiger partial charge in [0.15, 0.2) is 0 Å². The zero-order valence-corrected chi connectivity index (χ0v) is 19.3. The highest BCUT2D eigenvalue weighted by atomic mass is 32.1. The first-order valence-corrected chi connectivity index (χ1v) is 10.8. The smallest absolute Gasteiger partial charge is 0.374 e. The second-order valence-corrected chi connectivity index (χ2v) is 8.78. The van der Waals surface area contributed by atoms with Crippen LogP contribution in [-0.2, 0) is 16.9 Å². The number of hydrogen-bond donors (Lipinski definition) is 1. The van der Waals surface area contributed by atoms with E-state index in [2.05, 4.69) is 10.1 Å². The van der Waals surface area contributed by atoms with E-state index in [1.165, 1.54) is 24.3 Å². The third kappa shape index (κ3) is 4.42. The summed E-state index contributed by atoms with van der Waals surface area (Å²) in [5.41, 5.74) is 1.12. The summed E-state index contributed by atoms with van der Waals surface area (Å²) < 4.78 is 43.0. The Labute approximate surface area is 188 Å². The topological polar surface area (TPSA) is 71.2 Å². The number of para-hydroxylation sites is 1. The van der Waals surface area contributed by atoms with Crippen molar-refractivity contribution in [3.8, 4) is 5.69 Å². The molecule has 0 radical (unpaired) electrons. The number of benzene rings is 1. The van der Waals surface area contributed by atoms with Gasteiger partial charge in [-0.05, 0) is 39.3 Å². The van der Waals surface area contributed by atoms with Gasteiger partial charge in [0.1, 0.15) is 5.01 Å². The molecule has 1 N–H and O–H groups in total. The number of rotatable bonds is 6. The molecule has 172 valence electrons. The Hall–Kier alpha value is -2.72. The van der Waals surface area contributed by atoms with Gasteiger partial charge in [-0.15, -0.1) is 11.3 Å². The fourth-order valence-corrected chi connectivity index (χ4v) is 4.37. The number of aryl methyl sites for hydroxylation is 3. The molecule has 10 heteroatoms. The average Bonchev–Trinajstić information content (AvgIpc) is 3.26. The van der Waals surface area contributed by atoms with Crippen LogP contribution >= 0.6 is 11.3 Å². The SMILES string of the molecule is Cc1csc(C(O)(CC(=O)N(C)Cc2c(C)nn(-c3ccccc3C)c2C)C(F)(F)F)n1. The summed E-state index contributed by atoms with van der Waals surface area (Å²) in [6.45, 7) is 7.19. The minimum Gasteiger partial charge on any atom is -0.374 e. The van der Waals surface area contributed by atoms with E-state index in [4.69, 9.17) is 0 Å². The van der Waals surface area contributed by atoms with Gasteiger partial charge in [-0.1, -0.05) is 18.2 Å². The molecule has 0 saturated carbocycles. The zero-order valence-electron chi connectivity index (χ0n) is 18.5. The van der Waals surface area contributed by atoms with E-state index in [-0.39, 0.29) is 6.54 Å². The first kappa shape index (κ1) is 23.9. The minimum absolute atomic E-state index is 0.0627. The maximum atomic E-state index is 13.7. The number of aliphatic hydroxyl groups is 1. The van der Waals surface area contributed by atoms with Crippen molar-refractivity contribution in [1.82, 2.24) is 19.7 Å². The maximum absolute atomic E-state index is 13.7. The molecule has 0 aliphatic heterocycles. The van der Waals surface area contributed by atoms with Gasteiger partial charge >= 0.3 is 6.18 Å². The molecule has 0 saturated heterocycles. The number of hydrogen-bond acceptors (Lipinski definition) is 5. The van der Waals surface area contributed by atoms with E-state index in [1.54, 1.807) is 11.6 Å². The standard InChI is InChI=1S/C22H25F3N4O2S/c1-13-8-6-7-9-18(13)29-16(4)17(15(3)27-29)11-28(5)19(30)10-21(31,22(23,24)25)20-26-14(2)12-32-20/h6-9,12,31H,10-11H2,1-5H3. The molecule has 3 aromatic rings. The lowest BCUT2D eigenvalue weighted by Crippen LogP contribution is -2.46. The Balaban J connectivity index is 1.85. The molecule has 3 rings (SSSR count). The Morgan fingerprint density at radius 2 is 1.84 bits per heavy atom. The second-order valence-electron chi connectivity index (χ2n) is 7.93. The highest BCUT2D eigenvalue weighted by Gasteiger charge is 2.58. The van der Waals surface area contributed by atoms with Crippen molar-refractivity contribution < 1.29 is 23.1 Å². The fraction of sp³-hybridized carbons (Fsp3) is 0.409. The molecular formula is C22H25F3N4O2S. The second kappa shape index (κ2) is 8.67. The summed E-state index contributed by atoms with van der Waals surface area (Å²) in [6.07, 6.45) is -6.20. The highest BCUT2D eigenvalue weighted by Crippen LogP contribution is 2.43. The molecule has 0 spiro atoms. The Kier molecular flexibility index (Phi) is 6.48. The summed E-state index contributed by atoms with van der Waals surface area (Å²) in [4.78, 5) is 17.7. The van der Waals surface area contributed by atoms with Crippen LogP contribution in [0.25, 0.3) is 5.69 Å². The number of amides is 1. The van der Waals surface area contributed by atoms with Crippen LogP contribution < -0.4 is 0 Å². The van der Waals surface area contributed by atoms with Crippen LogP contribution in [0.3, 0.4) is 0 Å². The average molecular weight is 467 g/mol. The van der Waals surface area contributed by atoms with Crippen molar-refractivity contribution >= 4 is 17.2 Å². The summed E-state index contributed by atoms with van der Waals surface area (Å²) in [6, 6.07) is 7.70. The third-order valence-electron chi connectivity index (χ3n) is 5.45. The van der Waals surface area contributed by atoms with Gasteiger partial charge in [-0.25, -0.2) is 9.67 Å². The summed E-state index contributed by atoms with van der Waals surface area (Å²) in [5.74, 6) is -0.847. The first-order valence-electron chi connectivity index (χ1n) is 9.92. The van der Waals surface area contributed by atoms with Gasteiger partial charge in [0.25, 0.3) is 0 Å². The van der Waals surface area contributed by atoms with Gasteiger partial charge in [0.2, 0.25) is 11.5 Å². The van der Waals surface area contributed by atoms with Gasteiger partial charge in [-0.2, -0.15) is 18.3 Å². The lowest BCUT2D eigenvalue weighted by atomic mass is 9.98. The van der Waals surface area contributed by atoms with Crippen molar-refractivity contribution in [1.29, 1.82) is 0 Å². The molecule has 1 atom stereocenters. The Morgan fingerprint density at radius 3 is 2.41 bits per heavy atom. The molecule has 2 heterocycles. The van der Waals surface area contributed by atoms with Crippen molar-refractivity contribution in [2.24, 2.45) is 0 Å². The fourth-order valence-electron chi connectivity index (χ4n) is 3.46. The molecule has 0 fully saturated rings. The van der Waals surface area contributed by atoms with E-state index in [9.17, 15) is 23.1 Å². The number of carbonyl (C=O) groups excluding carboxylic acids is 1. The van der Waals surface area contributed by atoms with E-state index in [1.807, 2.05) is 38.1 Å². The van der Waals surface area contributed by atoms with Crippen LogP contribution in [0.1, 0.15) is 39.6 Å². The quantitative estimate of drug-likeness (QED) is 0.586. The molecule has 0 aliphatic carbocycles. The molecule has 0 bridgehead atoms. The number of nitrogens with zero attached hydrogens (tertiary/aromatic N) is 4. The molecule has 2 aromatic heterocycles. The Bertz CT molecular complexity index is 1140. The Morgan fingerprint density at radius 1 is 1.19 bits per heavy atom. The van der Waals surface area contributed by atoms with Crippen molar-refractivity contribution in [2.75, 3.05) is 7.05 Å². The van der Waals surface area contributed by atoms with Crippen LogP contribution in [0, 0.1) is 27.7 Å². The summed E-state index contributed by atoms with van der Waals surface area (Å²) in [5, 5.41) is 15.9. The molecule has 6 nitrogen and oxygen atoms in total. The van der Waals surface area contributed by atoms with Crippen molar-refractivity contribution in [3.05, 3.63) is 62.9 Å². The lowest BCUT2D eigenvalue weighted by Gasteiger charge is -2.30. The summed E-state index contributed by atoms with van der Waals surface area (Å²) >= 11 is 0.683. The normalized spacial score (nSPS) is 13.8. The monoisotopic (exact) mass is 466 g/mol. The lowest BCUT2D eigenvalue weighted by molar-refractivity contribution is -0.268. The molecule has 1 unspecified atom stereocenters. The highest BCUT2D eigenvalue weighted by molar-refractivity contribution is 7.09. The molecular weight excluding hydrogens is 441 g/mol. The van der Waals surface area contributed by atoms with E-state index in [0.29, 0.717) is 22.7 Å². The van der Waals surface area contributed by atoms with Gasteiger partial charge in [0, 0.05) is 35.9 Å². The van der Waals surface area contributed by atoms with Crippen LogP contribution in [0.5, 0.6) is 0 Å². The van der Waals surface area contributed by atoms with E-state index < -0.39 is 29.1 Å². The van der Waals surface area contributed by atoms with Crippen LogP contribution in [0.4, 0.5) is 13.2 Å². The largest absolute Gasteiger partial charge is 0.424 e. The number of thiazole rings is 1. The maximum Gasteiger partial charge on any atom is 0.424 e. The van der Waals surface area contributed by atoms with Crippen molar-refractivity contribution in [3.63, 3.8) is 0 Å². The molecule has 1 aromatic carbocycles. The number of aromatic nitrogens is 3.